The molecule has 2 rings (SSSR count). The summed E-state index contributed by atoms with van der Waals surface area (Å²) in [4.78, 5) is 24.8. The number of primary amides is 1. The number of benzene rings is 1. The molecule has 1 aliphatic rings. The van der Waals surface area contributed by atoms with Crippen LogP contribution in [0.4, 0.5) is 4.39 Å². The number of hydrogen-bond acceptors (Lipinski definition) is 3. The summed E-state index contributed by atoms with van der Waals surface area (Å²) in [5.74, 6) is -0.874. The third-order valence-corrected chi connectivity index (χ3v) is 4.04. The fourth-order valence-corrected chi connectivity index (χ4v) is 2.72. The van der Waals surface area contributed by atoms with Gasteiger partial charge in [0.05, 0.1) is 10.4 Å². The van der Waals surface area contributed by atoms with Gasteiger partial charge in [-0.1, -0.05) is 0 Å². The van der Waals surface area contributed by atoms with Crippen molar-refractivity contribution in [1.29, 1.82) is 0 Å². The quantitative estimate of drug-likeness (QED) is 0.889. The lowest BCUT2D eigenvalue weighted by Crippen LogP contribution is -2.45. The number of rotatable bonds is 4. The van der Waals surface area contributed by atoms with E-state index in [2.05, 4.69) is 15.9 Å². The van der Waals surface area contributed by atoms with Crippen molar-refractivity contribution in [2.75, 3.05) is 19.7 Å². The molecule has 2 N–H and O–H groups in total. The highest BCUT2D eigenvalue weighted by Gasteiger charge is 2.27. The number of carbonyl (C=O) groups excluding carboxylic acids is 2. The van der Waals surface area contributed by atoms with Crippen molar-refractivity contribution in [3.05, 3.63) is 28.5 Å². The first-order chi connectivity index (χ1) is 9.97. The number of piperidine rings is 1. The summed E-state index contributed by atoms with van der Waals surface area (Å²) in [7, 11) is 0. The second-order valence-electron chi connectivity index (χ2n) is 4.94. The van der Waals surface area contributed by atoms with Crippen molar-refractivity contribution in [1.82, 2.24) is 4.90 Å². The molecule has 0 unspecified atom stereocenters. The molecule has 1 aliphatic heterocycles. The lowest BCUT2D eigenvalue weighted by Gasteiger charge is -2.31. The van der Waals surface area contributed by atoms with E-state index in [-0.39, 0.29) is 30.2 Å². The number of likely N-dealkylation sites (tertiary alicyclic amines) is 1. The molecule has 1 aromatic carbocycles. The standard InChI is InChI=1S/C14H16BrFN2O3/c15-11-6-10(16)3-4-12(11)21-8-13(19)18-5-1-2-9(7-18)14(17)20/h3-4,6,9H,1-2,5,7-8H2,(H2,17,20)/t9-/m0/s1. The minimum absolute atomic E-state index is 0.157. The minimum Gasteiger partial charge on any atom is -0.483 e. The molecule has 114 valence electrons. The first kappa shape index (κ1) is 15.8. The van der Waals surface area contributed by atoms with Crippen LogP contribution in [0, 0.1) is 11.7 Å². The summed E-state index contributed by atoms with van der Waals surface area (Å²) in [6.07, 6.45) is 1.46. The van der Waals surface area contributed by atoms with E-state index in [0.717, 1.165) is 6.42 Å². The Bertz CT molecular complexity index is 553. The van der Waals surface area contributed by atoms with Crippen LogP contribution in [-0.2, 0) is 9.59 Å². The van der Waals surface area contributed by atoms with Crippen LogP contribution in [0.2, 0.25) is 0 Å². The van der Waals surface area contributed by atoms with Gasteiger partial charge < -0.3 is 15.4 Å². The summed E-state index contributed by atoms with van der Waals surface area (Å²) >= 11 is 3.17. The van der Waals surface area contributed by atoms with E-state index in [1.807, 2.05) is 0 Å². The van der Waals surface area contributed by atoms with Gasteiger partial charge in [0.25, 0.3) is 5.91 Å². The van der Waals surface area contributed by atoms with Crippen LogP contribution in [0.5, 0.6) is 5.75 Å². The zero-order chi connectivity index (χ0) is 15.4. The lowest BCUT2D eigenvalue weighted by molar-refractivity contribution is -0.136. The van der Waals surface area contributed by atoms with Gasteiger partial charge in [-0.05, 0) is 47.0 Å². The maximum atomic E-state index is 13.0. The van der Waals surface area contributed by atoms with Crippen LogP contribution in [0.1, 0.15) is 12.8 Å². The number of nitrogens with two attached hydrogens (primary N) is 1. The summed E-state index contributed by atoms with van der Waals surface area (Å²) in [6.45, 7) is 0.772. The van der Waals surface area contributed by atoms with Gasteiger partial charge in [-0.15, -0.1) is 0 Å². The van der Waals surface area contributed by atoms with E-state index in [9.17, 15) is 14.0 Å². The fraction of sp³-hybridized carbons (Fsp3) is 0.429. The summed E-state index contributed by atoms with van der Waals surface area (Å²) in [5, 5.41) is 0. The Labute approximate surface area is 130 Å². The Kier molecular flexibility index (Phi) is 5.17. The number of nitrogens with zero attached hydrogens (tertiary/aromatic N) is 1. The Morgan fingerprint density at radius 3 is 2.90 bits per heavy atom. The van der Waals surface area contributed by atoms with Crippen molar-refractivity contribution in [3.63, 3.8) is 0 Å². The molecule has 0 bridgehead atoms. The largest absolute Gasteiger partial charge is 0.483 e. The molecule has 1 atom stereocenters. The molecule has 1 fully saturated rings. The van der Waals surface area contributed by atoms with Gasteiger partial charge in [0.15, 0.2) is 6.61 Å². The van der Waals surface area contributed by atoms with Crippen LogP contribution >= 0.6 is 15.9 Å². The second-order valence-corrected chi connectivity index (χ2v) is 5.80. The zero-order valence-corrected chi connectivity index (χ0v) is 12.9. The maximum absolute atomic E-state index is 13.0. The smallest absolute Gasteiger partial charge is 0.260 e. The zero-order valence-electron chi connectivity index (χ0n) is 11.4. The molecule has 2 amide bonds. The van der Waals surface area contributed by atoms with Gasteiger partial charge in [0, 0.05) is 13.1 Å². The van der Waals surface area contributed by atoms with E-state index >= 15 is 0 Å². The number of halogens is 2. The average Bonchev–Trinajstić information content (AvgIpc) is 2.46. The Balaban J connectivity index is 1.90. The Hall–Kier alpha value is -1.63. The fourth-order valence-electron chi connectivity index (χ4n) is 2.26. The monoisotopic (exact) mass is 358 g/mol. The van der Waals surface area contributed by atoms with Crippen molar-refractivity contribution < 1.29 is 18.7 Å². The highest BCUT2D eigenvalue weighted by Crippen LogP contribution is 2.25. The van der Waals surface area contributed by atoms with E-state index in [1.165, 1.54) is 18.2 Å². The molecule has 0 aromatic heterocycles. The molecule has 1 saturated heterocycles. The van der Waals surface area contributed by atoms with Crippen molar-refractivity contribution in [2.45, 2.75) is 12.8 Å². The van der Waals surface area contributed by atoms with Crippen molar-refractivity contribution >= 4 is 27.7 Å². The highest BCUT2D eigenvalue weighted by atomic mass is 79.9. The van der Waals surface area contributed by atoms with Gasteiger partial charge in [-0.2, -0.15) is 0 Å². The molecule has 0 aliphatic carbocycles. The summed E-state index contributed by atoms with van der Waals surface area (Å²) in [5.41, 5.74) is 5.28. The summed E-state index contributed by atoms with van der Waals surface area (Å²) in [6, 6.07) is 3.98. The second kappa shape index (κ2) is 6.89. The van der Waals surface area contributed by atoms with E-state index in [4.69, 9.17) is 10.5 Å². The van der Waals surface area contributed by atoms with E-state index in [0.29, 0.717) is 29.7 Å². The first-order valence-corrected chi connectivity index (χ1v) is 7.41. The molecular formula is C14H16BrFN2O3. The van der Waals surface area contributed by atoms with Crippen LogP contribution in [-0.4, -0.2) is 36.4 Å². The van der Waals surface area contributed by atoms with Crippen LogP contribution in [0.15, 0.2) is 22.7 Å². The minimum atomic E-state index is -0.388. The molecule has 0 spiro atoms. The predicted molar refractivity (Wildman–Crippen MR) is 78.1 cm³/mol. The number of ether oxygens (including phenoxy) is 1. The lowest BCUT2D eigenvalue weighted by atomic mass is 9.97. The number of hydrogen-bond donors (Lipinski definition) is 1. The molecule has 1 heterocycles. The van der Waals surface area contributed by atoms with Gasteiger partial charge in [0.1, 0.15) is 11.6 Å². The van der Waals surface area contributed by atoms with Crippen LogP contribution in [0.25, 0.3) is 0 Å². The SMILES string of the molecule is NC(=O)[C@H]1CCCN(C(=O)COc2ccc(F)cc2Br)C1. The number of amides is 2. The van der Waals surface area contributed by atoms with E-state index in [1.54, 1.807) is 4.90 Å². The molecule has 1 aromatic rings. The van der Waals surface area contributed by atoms with E-state index < -0.39 is 0 Å². The molecule has 7 heteroatoms. The Morgan fingerprint density at radius 1 is 1.48 bits per heavy atom. The normalized spacial score (nSPS) is 18.4. The van der Waals surface area contributed by atoms with Gasteiger partial charge in [0.2, 0.25) is 5.91 Å². The topological polar surface area (TPSA) is 72.6 Å². The predicted octanol–water partition coefficient (Wildman–Crippen LogP) is 1.69. The maximum Gasteiger partial charge on any atom is 0.260 e. The molecule has 0 radical (unpaired) electrons. The van der Waals surface area contributed by atoms with Crippen molar-refractivity contribution in [3.8, 4) is 5.75 Å². The van der Waals surface area contributed by atoms with Crippen LogP contribution < -0.4 is 10.5 Å². The first-order valence-electron chi connectivity index (χ1n) is 6.62. The average molecular weight is 359 g/mol. The van der Waals surface area contributed by atoms with Gasteiger partial charge >= 0.3 is 0 Å². The Morgan fingerprint density at radius 2 is 2.24 bits per heavy atom. The van der Waals surface area contributed by atoms with Gasteiger partial charge in [-0.3, -0.25) is 9.59 Å². The molecule has 5 nitrogen and oxygen atoms in total. The third-order valence-electron chi connectivity index (χ3n) is 3.42. The van der Waals surface area contributed by atoms with Gasteiger partial charge in [-0.25, -0.2) is 4.39 Å². The molecule has 0 saturated carbocycles. The molecular weight excluding hydrogens is 343 g/mol. The third kappa shape index (κ3) is 4.17. The van der Waals surface area contributed by atoms with Crippen molar-refractivity contribution in [2.24, 2.45) is 11.7 Å². The highest BCUT2D eigenvalue weighted by molar-refractivity contribution is 9.10. The number of carbonyl (C=O) groups is 2. The molecule has 21 heavy (non-hydrogen) atoms. The summed E-state index contributed by atoms with van der Waals surface area (Å²) < 4.78 is 18.8. The van der Waals surface area contributed by atoms with Crippen LogP contribution in [0.3, 0.4) is 0 Å².